The van der Waals surface area contributed by atoms with E-state index in [0.717, 1.165) is 6.07 Å². The molecular formula is C20H13F5N2S. The second kappa shape index (κ2) is 5.51. The maximum absolute atomic E-state index is 13.2. The number of fused-ring (bicyclic) bond motifs is 1. The SMILES string of the molecule is FS(F)(F)(F)(F)c1ccc2nc(-c3ccccc3)c(-c3ccccc3)nc2c1. The predicted molar refractivity (Wildman–Crippen MR) is 102 cm³/mol. The molecule has 0 atom stereocenters. The molecule has 0 aliphatic rings. The van der Waals surface area contributed by atoms with Gasteiger partial charge in [-0.2, -0.15) is 0 Å². The van der Waals surface area contributed by atoms with Crippen molar-refractivity contribution in [3.05, 3.63) is 78.9 Å². The number of nitrogens with zero attached hydrogens (tertiary/aromatic N) is 2. The number of halogens is 5. The third-order valence-electron chi connectivity index (χ3n) is 4.18. The van der Waals surface area contributed by atoms with Crippen molar-refractivity contribution in [2.24, 2.45) is 0 Å². The fourth-order valence-corrected chi connectivity index (χ4v) is 3.53. The Balaban J connectivity index is 2.03. The van der Waals surface area contributed by atoms with Crippen molar-refractivity contribution in [2.45, 2.75) is 4.90 Å². The van der Waals surface area contributed by atoms with Crippen LogP contribution in [0.3, 0.4) is 0 Å². The fraction of sp³-hybridized carbons (Fsp3) is 0. The Hall–Kier alpha value is -3.00. The molecule has 0 saturated carbocycles. The summed E-state index contributed by atoms with van der Waals surface area (Å²) in [7, 11) is -9.81. The Labute approximate surface area is 157 Å². The fourth-order valence-electron chi connectivity index (χ4n) is 2.87. The van der Waals surface area contributed by atoms with E-state index in [-0.39, 0.29) is 11.0 Å². The highest BCUT2D eigenvalue weighted by Crippen LogP contribution is 3.02. The highest BCUT2D eigenvalue weighted by molar-refractivity contribution is 8.45. The molecule has 0 saturated heterocycles. The normalized spacial score (nSPS) is 14.5. The first-order valence-electron chi connectivity index (χ1n) is 8.18. The van der Waals surface area contributed by atoms with Gasteiger partial charge in [0, 0.05) is 11.1 Å². The molecule has 3 aromatic carbocycles. The van der Waals surface area contributed by atoms with Crippen LogP contribution in [0, 0.1) is 0 Å². The zero-order chi connectivity index (χ0) is 20.1. The molecule has 0 aliphatic carbocycles. The van der Waals surface area contributed by atoms with Crippen molar-refractivity contribution in [3.8, 4) is 22.5 Å². The van der Waals surface area contributed by atoms with Crippen LogP contribution < -0.4 is 0 Å². The van der Waals surface area contributed by atoms with Crippen LogP contribution in [0.4, 0.5) is 19.4 Å². The molecule has 0 spiro atoms. The largest absolute Gasteiger partial charge is 0.310 e. The molecule has 0 N–H and O–H groups in total. The third-order valence-corrected chi connectivity index (χ3v) is 5.32. The van der Waals surface area contributed by atoms with Crippen LogP contribution in [0.1, 0.15) is 0 Å². The van der Waals surface area contributed by atoms with Crippen LogP contribution in [-0.4, -0.2) is 9.97 Å². The maximum Gasteiger partial charge on any atom is 0.310 e. The van der Waals surface area contributed by atoms with Gasteiger partial charge >= 0.3 is 10.2 Å². The third kappa shape index (κ3) is 3.55. The Bertz CT molecular complexity index is 1180. The molecule has 1 heterocycles. The molecule has 144 valence electrons. The van der Waals surface area contributed by atoms with E-state index < -0.39 is 15.1 Å². The molecule has 1 aromatic heterocycles. The summed E-state index contributed by atoms with van der Waals surface area (Å²) in [6.07, 6.45) is 0. The average molecular weight is 408 g/mol. The smallest absolute Gasteiger partial charge is 0.244 e. The minimum atomic E-state index is -9.81. The van der Waals surface area contributed by atoms with Gasteiger partial charge in [0.05, 0.1) is 22.4 Å². The second-order valence-corrected chi connectivity index (χ2v) is 8.68. The molecule has 0 unspecified atom stereocenters. The van der Waals surface area contributed by atoms with Gasteiger partial charge in [-0.25, -0.2) is 9.97 Å². The van der Waals surface area contributed by atoms with Crippen LogP contribution in [0.15, 0.2) is 83.8 Å². The molecule has 0 radical (unpaired) electrons. The van der Waals surface area contributed by atoms with E-state index in [4.69, 9.17) is 0 Å². The number of aromatic nitrogens is 2. The number of benzene rings is 3. The molecule has 2 nitrogen and oxygen atoms in total. The van der Waals surface area contributed by atoms with Gasteiger partial charge < -0.3 is 0 Å². The van der Waals surface area contributed by atoms with Crippen molar-refractivity contribution >= 4 is 21.3 Å². The lowest BCUT2D eigenvalue weighted by Crippen LogP contribution is -2.06. The molecule has 0 aliphatic heterocycles. The summed E-state index contributed by atoms with van der Waals surface area (Å²) in [5, 5.41) is 0. The topological polar surface area (TPSA) is 25.8 Å². The highest BCUT2D eigenvalue weighted by Gasteiger charge is 2.65. The molecule has 0 fully saturated rings. The first-order valence-corrected chi connectivity index (χ1v) is 10.1. The Morgan fingerprint density at radius 1 is 0.536 bits per heavy atom. The van der Waals surface area contributed by atoms with Crippen LogP contribution >= 0.6 is 10.2 Å². The van der Waals surface area contributed by atoms with Gasteiger partial charge in [0.15, 0.2) is 0 Å². The number of hydrogen-bond donors (Lipinski definition) is 0. The van der Waals surface area contributed by atoms with Crippen LogP contribution in [0.5, 0.6) is 0 Å². The summed E-state index contributed by atoms with van der Waals surface area (Å²) in [5.41, 5.74) is 1.97. The van der Waals surface area contributed by atoms with Crippen molar-refractivity contribution in [3.63, 3.8) is 0 Å². The zero-order valence-corrected chi connectivity index (χ0v) is 15.0. The lowest BCUT2D eigenvalue weighted by atomic mass is 10.0. The molecule has 8 heteroatoms. The monoisotopic (exact) mass is 408 g/mol. The van der Waals surface area contributed by atoms with Crippen molar-refractivity contribution in [1.29, 1.82) is 0 Å². The van der Waals surface area contributed by atoms with Gasteiger partial charge in [-0.3, -0.25) is 0 Å². The van der Waals surface area contributed by atoms with Crippen LogP contribution in [-0.2, 0) is 0 Å². The summed E-state index contributed by atoms with van der Waals surface area (Å²) >= 11 is 0. The van der Waals surface area contributed by atoms with E-state index in [9.17, 15) is 19.4 Å². The second-order valence-electron chi connectivity index (χ2n) is 6.27. The van der Waals surface area contributed by atoms with Crippen LogP contribution in [0.2, 0.25) is 0 Å². The highest BCUT2D eigenvalue weighted by atomic mass is 32.5. The first-order chi connectivity index (χ1) is 13.0. The summed E-state index contributed by atoms with van der Waals surface area (Å²) < 4.78 is 66.0. The first kappa shape index (κ1) is 18.4. The van der Waals surface area contributed by atoms with Crippen molar-refractivity contribution < 1.29 is 19.4 Å². The van der Waals surface area contributed by atoms with Crippen molar-refractivity contribution in [2.75, 3.05) is 0 Å². The van der Waals surface area contributed by atoms with E-state index in [1.165, 1.54) is 0 Å². The molecule has 0 amide bonds. The molecule has 4 rings (SSSR count). The van der Waals surface area contributed by atoms with Gasteiger partial charge in [0.1, 0.15) is 4.90 Å². The van der Waals surface area contributed by atoms with E-state index >= 15 is 0 Å². The molecule has 4 aromatic rings. The molecular weight excluding hydrogens is 395 g/mol. The maximum atomic E-state index is 13.2. The number of hydrogen-bond acceptors (Lipinski definition) is 2. The van der Waals surface area contributed by atoms with Gasteiger partial charge in [-0.15, -0.1) is 0 Å². The van der Waals surface area contributed by atoms with Gasteiger partial charge in [0.2, 0.25) is 0 Å². The lowest BCUT2D eigenvalue weighted by molar-refractivity contribution is 0.364. The Kier molecular flexibility index (Phi) is 3.61. The Morgan fingerprint density at radius 2 is 1.00 bits per heavy atom. The minimum Gasteiger partial charge on any atom is -0.244 e. The van der Waals surface area contributed by atoms with Gasteiger partial charge in [-0.05, 0) is 18.2 Å². The van der Waals surface area contributed by atoms with Gasteiger partial charge in [0.25, 0.3) is 0 Å². The van der Waals surface area contributed by atoms with E-state index in [1.54, 1.807) is 54.6 Å². The molecule has 0 bridgehead atoms. The van der Waals surface area contributed by atoms with E-state index in [1.807, 2.05) is 6.07 Å². The zero-order valence-electron chi connectivity index (χ0n) is 14.2. The van der Waals surface area contributed by atoms with E-state index in [2.05, 4.69) is 9.97 Å². The van der Waals surface area contributed by atoms with Gasteiger partial charge in [-0.1, -0.05) is 80.1 Å². The predicted octanol–water partition coefficient (Wildman–Crippen LogP) is 7.62. The summed E-state index contributed by atoms with van der Waals surface area (Å²) in [5.74, 6) is 0. The summed E-state index contributed by atoms with van der Waals surface area (Å²) in [6.45, 7) is 0. The number of rotatable bonds is 3. The summed E-state index contributed by atoms with van der Waals surface area (Å²) in [4.78, 5) is 6.73. The molecule has 28 heavy (non-hydrogen) atoms. The van der Waals surface area contributed by atoms with E-state index in [0.29, 0.717) is 34.6 Å². The minimum absolute atomic E-state index is 0.101. The quantitative estimate of drug-likeness (QED) is 0.326. The Morgan fingerprint density at radius 3 is 1.46 bits per heavy atom. The van der Waals surface area contributed by atoms with Crippen molar-refractivity contribution in [1.82, 2.24) is 9.97 Å². The van der Waals surface area contributed by atoms with Crippen LogP contribution in [0.25, 0.3) is 33.5 Å². The lowest BCUT2D eigenvalue weighted by Gasteiger charge is -2.40. The standard InChI is InChI=1S/C20H13F5N2S/c21-28(22,23,24,25)16-11-12-17-18(13-16)27-20(15-9-5-2-6-10-15)19(26-17)14-7-3-1-4-8-14/h1-13H. The summed E-state index contributed by atoms with van der Waals surface area (Å²) in [6, 6.07) is 19.4. The average Bonchev–Trinajstić information content (AvgIpc) is 2.66.